The molecule has 3 amide bonds. The molecule has 0 aromatic carbocycles. The number of carbonyl (C=O) groups excluding carboxylic acids is 2. The molecule has 0 aliphatic carbocycles. The summed E-state index contributed by atoms with van der Waals surface area (Å²) in [5.74, 6) is -0.0208. The fourth-order valence-corrected chi connectivity index (χ4v) is 3.18. The summed E-state index contributed by atoms with van der Waals surface area (Å²) in [5, 5.41) is 0. The summed E-state index contributed by atoms with van der Waals surface area (Å²) in [4.78, 5) is 34.6. The lowest BCUT2D eigenvalue weighted by Gasteiger charge is -2.47. The highest BCUT2D eigenvalue weighted by molar-refractivity contribution is 5.95. The van der Waals surface area contributed by atoms with Crippen molar-refractivity contribution in [2.45, 2.75) is 19.4 Å². The number of imidazole rings is 1. The van der Waals surface area contributed by atoms with Crippen molar-refractivity contribution in [3.63, 3.8) is 0 Å². The molecule has 2 aromatic heterocycles. The van der Waals surface area contributed by atoms with E-state index in [1.54, 1.807) is 42.4 Å². The van der Waals surface area contributed by atoms with Crippen molar-refractivity contribution in [2.24, 2.45) is 0 Å². The van der Waals surface area contributed by atoms with Crippen molar-refractivity contribution >= 4 is 17.6 Å². The summed E-state index contributed by atoms with van der Waals surface area (Å²) in [6.07, 6.45) is 5.34. The van der Waals surface area contributed by atoms with Gasteiger partial charge in [0.2, 0.25) is 0 Å². The molecule has 0 radical (unpaired) electrons. The zero-order valence-electron chi connectivity index (χ0n) is 14.6. The summed E-state index contributed by atoms with van der Waals surface area (Å²) < 4.78 is 1.84. The molecule has 7 nitrogen and oxygen atoms in total. The number of pyridine rings is 1. The van der Waals surface area contributed by atoms with Crippen LogP contribution in [0.3, 0.4) is 0 Å². The number of amides is 3. The largest absolute Gasteiger partial charge is 0.331 e. The molecule has 7 heteroatoms. The van der Waals surface area contributed by atoms with Gasteiger partial charge in [-0.05, 0) is 26.0 Å². The zero-order valence-corrected chi connectivity index (χ0v) is 14.6. The van der Waals surface area contributed by atoms with Gasteiger partial charge >= 0.3 is 6.03 Å². The molecule has 24 heavy (non-hydrogen) atoms. The Morgan fingerprint density at radius 3 is 2.62 bits per heavy atom. The Balaban J connectivity index is 1.81. The second kappa shape index (κ2) is 5.81. The van der Waals surface area contributed by atoms with E-state index in [0.29, 0.717) is 25.2 Å². The smallest absolute Gasteiger partial charge is 0.319 e. The van der Waals surface area contributed by atoms with Crippen LogP contribution in [0.4, 0.5) is 4.79 Å². The fourth-order valence-electron chi connectivity index (χ4n) is 3.18. The maximum Gasteiger partial charge on any atom is 0.319 e. The molecule has 3 rings (SSSR count). The molecule has 0 bridgehead atoms. The van der Waals surface area contributed by atoms with Crippen LogP contribution in [0.15, 0.2) is 30.7 Å². The van der Waals surface area contributed by atoms with E-state index >= 15 is 0 Å². The number of carbonyl (C=O) groups is 2. The number of hydrogen-bond acceptors (Lipinski definition) is 3. The van der Waals surface area contributed by atoms with Crippen LogP contribution in [0.1, 0.15) is 24.2 Å². The second-order valence-corrected chi connectivity index (χ2v) is 6.98. The van der Waals surface area contributed by atoms with Gasteiger partial charge in [0.1, 0.15) is 5.65 Å². The van der Waals surface area contributed by atoms with Crippen molar-refractivity contribution in [3.05, 3.63) is 36.3 Å². The van der Waals surface area contributed by atoms with E-state index in [4.69, 9.17) is 0 Å². The third-order valence-electron chi connectivity index (χ3n) is 4.44. The van der Waals surface area contributed by atoms with Crippen molar-refractivity contribution in [1.29, 1.82) is 0 Å². The average Bonchev–Trinajstić information content (AvgIpc) is 2.99. The maximum atomic E-state index is 13.0. The molecule has 1 aliphatic heterocycles. The molecular weight excluding hydrogens is 306 g/mol. The van der Waals surface area contributed by atoms with Gasteiger partial charge in [0, 0.05) is 52.3 Å². The molecule has 0 unspecified atom stereocenters. The van der Waals surface area contributed by atoms with Crippen LogP contribution >= 0.6 is 0 Å². The number of fused-ring (bicyclic) bond motifs is 1. The standard InChI is InChI=1S/C17H23N5O2/c1-17(2)12-21(16(24)19(3)4)9-10-22(17)15(23)13-5-6-14-18-7-8-20(14)11-13/h5-8,11H,9-10,12H2,1-4H3. The molecule has 1 fully saturated rings. The third kappa shape index (κ3) is 2.81. The van der Waals surface area contributed by atoms with E-state index in [9.17, 15) is 9.59 Å². The second-order valence-electron chi connectivity index (χ2n) is 6.98. The molecule has 0 saturated carbocycles. The molecule has 128 valence electrons. The molecule has 1 aliphatic rings. The molecule has 3 heterocycles. The Morgan fingerprint density at radius 1 is 1.21 bits per heavy atom. The number of piperazine rings is 1. The van der Waals surface area contributed by atoms with E-state index in [1.165, 1.54) is 0 Å². The number of urea groups is 1. The lowest BCUT2D eigenvalue weighted by Crippen LogP contribution is -2.63. The number of aromatic nitrogens is 2. The molecular formula is C17H23N5O2. The van der Waals surface area contributed by atoms with Crippen LogP contribution in [-0.2, 0) is 0 Å². The van der Waals surface area contributed by atoms with Crippen LogP contribution in [-0.4, -0.2) is 75.3 Å². The first-order chi connectivity index (χ1) is 11.3. The van der Waals surface area contributed by atoms with Gasteiger partial charge in [-0.1, -0.05) is 0 Å². The molecule has 2 aromatic rings. The van der Waals surface area contributed by atoms with Gasteiger partial charge in [0.15, 0.2) is 0 Å². The summed E-state index contributed by atoms with van der Waals surface area (Å²) in [5.41, 5.74) is 1.01. The molecule has 1 saturated heterocycles. The SMILES string of the molecule is CN(C)C(=O)N1CCN(C(=O)c2ccc3nccn3c2)C(C)(C)C1. The highest BCUT2D eigenvalue weighted by Crippen LogP contribution is 2.24. The van der Waals surface area contributed by atoms with Gasteiger partial charge in [0.05, 0.1) is 11.1 Å². The predicted octanol–water partition coefficient (Wildman–Crippen LogP) is 1.55. The molecule has 0 N–H and O–H groups in total. The Bertz CT molecular complexity index is 780. The van der Waals surface area contributed by atoms with E-state index < -0.39 is 5.54 Å². The van der Waals surface area contributed by atoms with Crippen molar-refractivity contribution in [2.75, 3.05) is 33.7 Å². The van der Waals surface area contributed by atoms with Gasteiger partial charge in [-0.15, -0.1) is 0 Å². The lowest BCUT2D eigenvalue weighted by molar-refractivity contribution is 0.0241. The summed E-state index contributed by atoms with van der Waals surface area (Å²) >= 11 is 0. The number of hydrogen-bond donors (Lipinski definition) is 0. The topological polar surface area (TPSA) is 61.2 Å². The Hall–Kier alpha value is -2.57. The summed E-state index contributed by atoms with van der Waals surface area (Å²) in [6.45, 7) is 5.57. The highest BCUT2D eigenvalue weighted by atomic mass is 16.2. The summed E-state index contributed by atoms with van der Waals surface area (Å²) in [6, 6.07) is 3.62. The monoisotopic (exact) mass is 329 g/mol. The first kappa shape index (κ1) is 16.3. The van der Waals surface area contributed by atoms with Gasteiger partial charge in [-0.2, -0.15) is 0 Å². The van der Waals surface area contributed by atoms with Crippen LogP contribution in [0, 0.1) is 0 Å². The normalized spacial score (nSPS) is 17.2. The Kier molecular flexibility index (Phi) is 3.95. The van der Waals surface area contributed by atoms with Crippen LogP contribution in [0.2, 0.25) is 0 Å². The van der Waals surface area contributed by atoms with Crippen molar-refractivity contribution < 1.29 is 9.59 Å². The molecule has 0 spiro atoms. The maximum absolute atomic E-state index is 13.0. The lowest BCUT2D eigenvalue weighted by atomic mass is 9.97. The van der Waals surface area contributed by atoms with E-state index in [0.717, 1.165) is 5.65 Å². The van der Waals surface area contributed by atoms with Crippen LogP contribution in [0.25, 0.3) is 5.65 Å². The van der Waals surface area contributed by atoms with Crippen molar-refractivity contribution in [1.82, 2.24) is 24.1 Å². The fraction of sp³-hybridized carbons (Fsp3) is 0.471. The third-order valence-corrected chi connectivity index (χ3v) is 4.44. The minimum Gasteiger partial charge on any atom is -0.331 e. The number of nitrogens with zero attached hydrogens (tertiary/aromatic N) is 5. The zero-order chi connectivity index (χ0) is 17.5. The molecule has 0 atom stereocenters. The van der Waals surface area contributed by atoms with Gasteiger partial charge in [-0.3, -0.25) is 4.79 Å². The Labute approximate surface area is 141 Å². The average molecular weight is 329 g/mol. The van der Waals surface area contributed by atoms with E-state index in [2.05, 4.69) is 4.98 Å². The van der Waals surface area contributed by atoms with Gasteiger partial charge in [-0.25, -0.2) is 9.78 Å². The van der Waals surface area contributed by atoms with Gasteiger partial charge < -0.3 is 19.1 Å². The minimum absolute atomic E-state index is 0.0185. The number of rotatable bonds is 1. The first-order valence-corrected chi connectivity index (χ1v) is 8.00. The van der Waals surface area contributed by atoms with Gasteiger partial charge in [0.25, 0.3) is 5.91 Å². The van der Waals surface area contributed by atoms with E-state index in [-0.39, 0.29) is 11.9 Å². The van der Waals surface area contributed by atoms with Crippen LogP contribution in [0.5, 0.6) is 0 Å². The first-order valence-electron chi connectivity index (χ1n) is 8.00. The van der Waals surface area contributed by atoms with Crippen molar-refractivity contribution in [3.8, 4) is 0 Å². The minimum atomic E-state index is -0.426. The van der Waals surface area contributed by atoms with E-state index in [1.807, 2.05) is 35.4 Å². The predicted molar refractivity (Wildman–Crippen MR) is 91.0 cm³/mol. The van der Waals surface area contributed by atoms with Crippen LogP contribution < -0.4 is 0 Å². The Morgan fingerprint density at radius 2 is 1.96 bits per heavy atom. The highest BCUT2D eigenvalue weighted by Gasteiger charge is 2.39. The quantitative estimate of drug-likeness (QED) is 0.797. The summed E-state index contributed by atoms with van der Waals surface area (Å²) in [7, 11) is 3.49.